The number of aromatic nitrogens is 1. The van der Waals surface area contributed by atoms with Crippen molar-refractivity contribution in [3.63, 3.8) is 0 Å². The SMILES string of the molecule is COc1ccc(/C=C/C(=O)N2CCCC(Oc3ccncc3Cl)C2)cc1OC. The summed E-state index contributed by atoms with van der Waals surface area (Å²) in [6.45, 7) is 1.23. The zero-order chi connectivity index (χ0) is 19.9. The van der Waals surface area contributed by atoms with E-state index in [2.05, 4.69) is 4.98 Å². The predicted molar refractivity (Wildman–Crippen MR) is 108 cm³/mol. The van der Waals surface area contributed by atoms with Gasteiger partial charge in [-0.2, -0.15) is 0 Å². The van der Waals surface area contributed by atoms with Crippen LogP contribution in [0.1, 0.15) is 18.4 Å². The Morgan fingerprint density at radius 2 is 2.04 bits per heavy atom. The number of ether oxygens (including phenoxy) is 3. The van der Waals surface area contributed by atoms with Crippen LogP contribution in [0.5, 0.6) is 17.2 Å². The number of piperidine rings is 1. The molecule has 0 N–H and O–H groups in total. The van der Waals surface area contributed by atoms with Crippen LogP contribution in [0.3, 0.4) is 0 Å². The van der Waals surface area contributed by atoms with Crippen LogP contribution in [0.25, 0.3) is 6.08 Å². The second kappa shape index (κ2) is 9.46. The normalized spacial score (nSPS) is 16.8. The molecule has 1 aromatic carbocycles. The molecule has 1 amide bonds. The summed E-state index contributed by atoms with van der Waals surface area (Å²) >= 11 is 6.11. The van der Waals surface area contributed by atoms with Gasteiger partial charge in [0.15, 0.2) is 11.5 Å². The number of rotatable bonds is 6. The van der Waals surface area contributed by atoms with Gasteiger partial charge >= 0.3 is 0 Å². The number of carbonyl (C=O) groups excluding carboxylic acids is 1. The van der Waals surface area contributed by atoms with Gasteiger partial charge in [-0.1, -0.05) is 17.7 Å². The van der Waals surface area contributed by atoms with Gasteiger partial charge in [0.1, 0.15) is 16.9 Å². The Labute approximate surface area is 169 Å². The van der Waals surface area contributed by atoms with E-state index in [0.29, 0.717) is 35.4 Å². The van der Waals surface area contributed by atoms with Crippen LogP contribution in [0.4, 0.5) is 0 Å². The largest absolute Gasteiger partial charge is 0.493 e. The molecular weight excluding hydrogens is 380 g/mol. The van der Waals surface area contributed by atoms with E-state index >= 15 is 0 Å². The molecule has 0 spiro atoms. The van der Waals surface area contributed by atoms with Crippen molar-refractivity contribution in [3.05, 3.63) is 53.3 Å². The minimum Gasteiger partial charge on any atom is -0.493 e. The summed E-state index contributed by atoms with van der Waals surface area (Å²) in [5.41, 5.74) is 0.861. The number of halogens is 1. The summed E-state index contributed by atoms with van der Waals surface area (Å²) in [6.07, 6.45) is 8.20. The molecule has 148 valence electrons. The van der Waals surface area contributed by atoms with Crippen LogP contribution in [-0.2, 0) is 4.79 Å². The molecule has 1 aliphatic heterocycles. The molecule has 28 heavy (non-hydrogen) atoms. The Balaban J connectivity index is 1.62. The summed E-state index contributed by atoms with van der Waals surface area (Å²) in [7, 11) is 3.17. The fraction of sp³-hybridized carbons (Fsp3) is 0.333. The number of pyridine rings is 1. The van der Waals surface area contributed by atoms with Gasteiger partial charge in [-0.25, -0.2) is 0 Å². The van der Waals surface area contributed by atoms with Crippen LogP contribution in [0, 0.1) is 0 Å². The van der Waals surface area contributed by atoms with Crippen LogP contribution in [-0.4, -0.2) is 49.2 Å². The smallest absolute Gasteiger partial charge is 0.246 e. The van der Waals surface area contributed by atoms with Gasteiger partial charge in [-0.15, -0.1) is 0 Å². The molecular formula is C21H23ClN2O4. The van der Waals surface area contributed by atoms with Crippen molar-refractivity contribution in [2.75, 3.05) is 27.3 Å². The van der Waals surface area contributed by atoms with Crippen molar-refractivity contribution in [2.45, 2.75) is 18.9 Å². The maximum absolute atomic E-state index is 12.6. The number of hydrogen-bond donors (Lipinski definition) is 0. The van der Waals surface area contributed by atoms with Gasteiger partial charge in [-0.05, 0) is 36.6 Å². The molecule has 1 atom stereocenters. The Bertz CT molecular complexity index is 856. The third-order valence-electron chi connectivity index (χ3n) is 4.54. The van der Waals surface area contributed by atoms with E-state index in [1.807, 2.05) is 18.2 Å². The van der Waals surface area contributed by atoms with Crippen molar-refractivity contribution >= 4 is 23.6 Å². The highest BCUT2D eigenvalue weighted by atomic mass is 35.5. The maximum atomic E-state index is 12.6. The molecule has 1 fully saturated rings. The minimum atomic E-state index is -0.0907. The first kappa shape index (κ1) is 20.0. The molecule has 3 rings (SSSR count). The second-order valence-corrected chi connectivity index (χ2v) is 6.83. The first-order valence-corrected chi connectivity index (χ1v) is 9.43. The van der Waals surface area contributed by atoms with Crippen molar-refractivity contribution in [1.82, 2.24) is 9.88 Å². The van der Waals surface area contributed by atoms with Gasteiger partial charge < -0.3 is 19.1 Å². The first-order valence-electron chi connectivity index (χ1n) is 9.06. The molecule has 0 saturated carbocycles. The highest BCUT2D eigenvalue weighted by molar-refractivity contribution is 6.31. The van der Waals surface area contributed by atoms with Crippen LogP contribution in [0.2, 0.25) is 5.02 Å². The van der Waals surface area contributed by atoms with E-state index in [-0.39, 0.29) is 12.0 Å². The summed E-state index contributed by atoms with van der Waals surface area (Å²) in [6, 6.07) is 7.25. The van der Waals surface area contributed by atoms with Crippen LogP contribution < -0.4 is 14.2 Å². The number of amides is 1. The van der Waals surface area contributed by atoms with Crippen molar-refractivity contribution in [2.24, 2.45) is 0 Å². The molecule has 0 radical (unpaired) electrons. The third kappa shape index (κ3) is 4.95. The third-order valence-corrected chi connectivity index (χ3v) is 4.83. The molecule has 1 aliphatic rings. The van der Waals surface area contributed by atoms with Crippen LogP contribution >= 0.6 is 11.6 Å². The lowest BCUT2D eigenvalue weighted by atomic mass is 10.1. The molecule has 1 aromatic heterocycles. The Hall–Kier alpha value is -2.73. The number of likely N-dealkylation sites (tertiary alicyclic amines) is 1. The van der Waals surface area contributed by atoms with E-state index in [0.717, 1.165) is 18.4 Å². The zero-order valence-corrected chi connectivity index (χ0v) is 16.7. The van der Waals surface area contributed by atoms with Crippen LogP contribution in [0.15, 0.2) is 42.7 Å². The molecule has 1 saturated heterocycles. The number of benzene rings is 1. The number of nitrogens with zero attached hydrogens (tertiary/aromatic N) is 2. The standard InChI is InChI=1S/C21H23ClN2O4/c1-26-19-7-5-15(12-20(19)27-2)6-8-21(25)24-11-3-4-16(14-24)28-18-9-10-23-13-17(18)22/h5-10,12-13,16H,3-4,11,14H2,1-2H3/b8-6+. The summed E-state index contributed by atoms with van der Waals surface area (Å²) < 4.78 is 16.5. The number of carbonyl (C=O) groups is 1. The number of hydrogen-bond acceptors (Lipinski definition) is 5. The van der Waals surface area contributed by atoms with Gasteiger partial charge in [-0.3, -0.25) is 9.78 Å². The molecule has 1 unspecified atom stereocenters. The number of methoxy groups -OCH3 is 2. The average molecular weight is 403 g/mol. The molecule has 0 bridgehead atoms. The lowest BCUT2D eigenvalue weighted by Crippen LogP contribution is -2.43. The average Bonchev–Trinajstić information content (AvgIpc) is 2.73. The van der Waals surface area contributed by atoms with E-state index in [4.69, 9.17) is 25.8 Å². The monoisotopic (exact) mass is 402 g/mol. The Kier molecular flexibility index (Phi) is 6.76. The highest BCUT2D eigenvalue weighted by Gasteiger charge is 2.24. The van der Waals surface area contributed by atoms with Gasteiger partial charge in [0, 0.05) is 31.1 Å². The van der Waals surface area contributed by atoms with Crippen molar-refractivity contribution in [1.29, 1.82) is 0 Å². The Morgan fingerprint density at radius 1 is 1.21 bits per heavy atom. The van der Waals surface area contributed by atoms with Gasteiger partial charge in [0.25, 0.3) is 0 Å². The van der Waals surface area contributed by atoms with Gasteiger partial charge in [0.05, 0.1) is 20.8 Å². The second-order valence-electron chi connectivity index (χ2n) is 6.42. The summed E-state index contributed by atoms with van der Waals surface area (Å²) in [5.74, 6) is 1.82. The maximum Gasteiger partial charge on any atom is 0.246 e. The van der Waals surface area contributed by atoms with E-state index in [9.17, 15) is 4.79 Å². The van der Waals surface area contributed by atoms with E-state index in [1.165, 1.54) is 0 Å². The Morgan fingerprint density at radius 3 is 2.79 bits per heavy atom. The fourth-order valence-electron chi connectivity index (χ4n) is 3.10. The predicted octanol–water partition coefficient (Wildman–Crippen LogP) is 3.84. The fourth-order valence-corrected chi connectivity index (χ4v) is 3.27. The summed E-state index contributed by atoms with van der Waals surface area (Å²) in [5, 5.41) is 0.472. The lowest BCUT2D eigenvalue weighted by molar-refractivity contribution is -0.128. The van der Waals surface area contributed by atoms with Crippen molar-refractivity contribution < 1.29 is 19.0 Å². The molecule has 2 heterocycles. The quantitative estimate of drug-likeness (QED) is 0.687. The van der Waals surface area contributed by atoms with E-state index < -0.39 is 0 Å². The zero-order valence-electron chi connectivity index (χ0n) is 15.9. The topological polar surface area (TPSA) is 60.9 Å². The molecule has 6 nitrogen and oxygen atoms in total. The summed E-state index contributed by atoms with van der Waals surface area (Å²) in [4.78, 5) is 18.4. The lowest BCUT2D eigenvalue weighted by Gasteiger charge is -2.32. The van der Waals surface area contributed by atoms with Gasteiger partial charge in [0.2, 0.25) is 5.91 Å². The molecule has 2 aromatic rings. The minimum absolute atomic E-state index is 0.0519. The highest BCUT2D eigenvalue weighted by Crippen LogP contribution is 2.28. The van der Waals surface area contributed by atoms with Crippen molar-refractivity contribution in [3.8, 4) is 17.2 Å². The molecule has 0 aliphatic carbocycles. The molecule has 7 heteroatoms. The van der Waals surface area contributed by atoms with E-state index in [1.54, 1.807) is 49.7 Å². The first-order chi connectivity index (χ1) is 13.6.